The lowest BCUT2D eigenvalue weighted by atomic mass is 10.2. The molecule has 0 saturated carbocycles. The number of amidine groups is 1. The summed E-state index contributed by atoms with van der Waals surface area (Å²) in [5.41, 5.74) is 6.39. The number of amides is 1. The van der Waals surface area contributed by atoms with Gasteiger partial charge in [0.15, 0.2) is 11.5 Å². The molecule has 3 N–H and O–H groups in total. The largest absolute Gasteiger partial charge is 0.504 e. The van der Waals surface area contributed by atoms with Crippen LogP contribution < -0.4 is 10.5 Å². The number of hydrogen-bond donors (Lipinski definition) is 2. The lowest BCUT2D eigenvalue weighted by Gasteiger charge is -2.06. The molecule has 0 spiro atoms. The molecule has 0 unspecified atom stereocenters. The van der Waals surface area contributed by atoms with E-state index in [1.165, 1.54) is 6.07 Å². The Bertz CT molecular complexity index is 552. The van der Waals surface area contributed by atoms with Gasteiger partial charge in [0.05, 0.1) is 11.5 Å². The average Bonchev–Trinajstić information content (AvgIpc) is 2.62. The second-order valence-corrected chi connectivity index (χ2v) is 4.53. The van der Waals surface area contributed by atoms with Gasteiger partial charge in [-0.15, -0.1) is 0 Å². The maximum atomic E-state index is 11.1. The summed E-state index contributed by atoms with van der Waals surface area (Å²) in [4.78, 5) is 15.3. The molecule has 1 aromatic carbocycles. The number of phenolic OH excluding ortho intramolecular Hbond substituents is 1. The second-order valence-electron chi connectivity index (χ2n) is 3.53. The highest BCUT2D eigenvalue weighted by atomic mass is 32.2. The van der Waals surface area contributed by atoms with Gasteiger partial charge in [-0.3, -0.25) is 4.79 Å². The topological polar surface area (TPSA) is 84.9 Å². The van der Waals surface area contributed by atoms with Gasteiger partial charge in [-0.2, -0.15) is 4.99 Å². The number of phenols is 1. The molecule has 18 heavy (non-hydrogen) atoms. The fraction of sp³-hybridized carbons (Fsp3) is 0.167. The van der Waals surface area contributed by atoms with E-state index in [4.69, 9.17) is 10.5 Å². The van der Waals surface area contributed by atoms with Crippen LogP contribution in [0.15, 0.2) is 28.1 Å². The standard InChI is InChI=1S/C12H12N2O3S/c1-2-17-9-5-7(3-4-8(9)15)6-10-11(13)14-12(16)18-10/h3-6,15H,2H2,1H3,(H2,13,14,16). The lowest BCUT2D eigenvalue weighted by Crippen LogP contribution is -2.08. The number of benzene rings is 1. The number of hydrogen-bond acceptors (Lipinski definition) is 5. The summed E-state index contributed by atoms with van der Waals surface area (Å²) >= 11 is 0.982. The van der Waals surface area contributed by atoms with Gasteiger partial charge in [-0.25, -0.2) is 0 Å². The van der Waals surface area contributed by atoms with Crippen LogP contribution in [-0.4, -0.2) is 22.8 Å². The van der Waals surface area contributed by atoms with E-state index in [1.54, 1.807) is 18.2 Å². The van der Waals surface area contributed by atoms with E-state index in [0.29, 0.717) is 17.3 Å². The minimum Gasteiger partial charge on any atom is -0.504 e. The zero-order valence-corrected chi connectivity index (χ0v) is 10.5. The first kappa shape index (κ1) is 12.5. The Morgan fingerprint density at radius 1 is 1.56 bits per heavy atom. The zero-order valence-electron chi connectivity index (χ0n) is 9.71. The Hall–Kier alpha value is -1.95. The molecule has 1 amide bonds. The third-order valence-electron chi connectivity index (χ3n) is 2.24. The molecule has 0 aliphatic carbocycles. The van der Waals surface area contributed by atoms with Crippen molar-refractivity contribution >= 4 is 28.9 Å². The number of aliphatic imine (C=N–C) groups is 1. The molecule has 0 fully saturated rings. The van der Waals surface area contributed by atoms with Gasteiger partial charge >= 0.3 is 5.24 Å². The Kier molecular flexibility index (Phi) is 3.57. The van der Waals surface area contributed by atoms with Crippen molar-refractivity contribution in [3.63, 3.8) is 0 Å². The van der Waals surface area contributed by atoms with Gasteiger partial charge < -0.3 is 15.6 Å². The molecule has 0 bridgehead atoms. The lowest BCUT2D eigenvalue weighted by molar-refractivity contribution is 0.268. The van der Waals surface area contributed by atoms with Crippen molar-refractivity contribution in [1.82, 2.24) is 0 Å². The number of aromatic hydroxyl groups is 1. The first-order valence-corrected chi connectivity index (χ1v) is 6.15. The molecule has 6 heteroatoms. The highest BCUT2D eigenvalue weighted by Gasteiger charge is 2.18. The second kappa shape index (κ2) is 5.14. The summed E-state index contributed by atoms with van der Waals surface area (Å²) in [6.45, 7) is 2.30. The molecular formula is C12H12N2O3S. The molecule has 94 valence electrons. The van der Waals surface area contributed by atoms with Gasteiger partial charge in [0, 0.05) is 0 Å². The smallest absolute Gasteiger partial charge is 0.311 e. The molecule has 2 rings (SSSR count). The fourth-order valence-electron chi connectivity index (χ4n) is 1.47. The third-order valence-corrected chi connectivity index (χ3v) is 3.06. The number of ether oxygens (including phenoxy) is 1. The van der Waals surface area contributed by atoms with Crippen LogP contribution in [0.3, 0.4) is 0 Å². The van der Waals surface area contributed by atoms with E-state index < -0.39 is 0 Å². The van der Waals surface area contributed by atoms with Crippen molar-refractivity contribution in [2.24, 2.45) is 10.7 Å². The molecule has 1 heterocycles. The quantitative estimate of drug-likeness (QED) is 0.875. The van der Waals surface area contributed by atoms with Crippen LogP contribution in [-0.2, 0) is 0 Å². The van der Waals surface area contributed by atoms with Crippen molar-refractivity contribution in [1.29, 1.82) is 0 Å². The highest BCUT2D eigenvalue weighted by molar-refractivity contribution is 8.18. The molecular weight excluding hydrogens is 252 g/mol. The fourth-order valence-corrected chi connectivity index (χ4v) is 2.15. The number of carbonyl (C=O) groups excluding carboxylic acids is 1. The van der Waals surface area contributed by atoms with Crippen LogP contribution in [0.4, 0.5) is 4.79 Å². The number of rotatable bonds is 3. The van der Waals surface area contributed by atoms with E-state index in [0.717, 1.165) is 17.3 Å². The number of carbonyl (C=O) groups is 1. The van der Waals surface area contributed by atoms with Crippen LogP contribution in [0.2, 0.25) is 0 Å². The molecule has 0 radical (unpaired) electrons. The Morgan fingerprint density at radius 2 is 2.33 bits per heavy atom. The number of nitrogens with two attached hydrogens (primary N) is 1. The number of thioether (sulfide) groups is 1. The molecule has 0 aromatic heterocycles. The van der Waals surface area contributed by atoms with Crippen LogP contribution in [0.1, 0.15) is 12.5 Å². The van der Waals surface area contributed by atoms with E-state index in [1.807, 2.05) is 6.92 Å². The predicted molar refractivity (Wildman–Crippen MR) is 71.9 cm³/mol. The van der Waals surface area contributed by atoms with E-state index in [9.17, 15) is 9.90 Å². The summed E-state index contributed by atoms with van der Waals surface area (Å²) in [6, 6.07) is 4.93. The van der Waals surface area contributed by atoms with Gasteiger partial charge in [-0.1, -0.05) is 6.07 Å². The van der Waals surface area contributed by atoms with Gasteiger partial charge in [-0.05, 0) is 42.5 Å². The molecule has 1 aliphatic rings. The van der Waals surface area contributed by atoms with Gasteiger partial charge in [0.2, 0.25) is 0 Å². The zero-order chi connectivity index (χ0) is 13.1. The minimum absolute atomic E-state index is 0.0794. The van der Waals surface area contributed by atoms with E-state index in [-0.39, 0.29) is 16.8 Å². The van der Waals surface area contributed by atoms with Crippen molar-refractivity contribution in [3.05, 3.63) is 28.7 Å². The average molecular weight is 264 g/mol. The number of nitrogens with zero attached hydrogens (tertiary/aromatic N) is 1. The molecule has 1 aliphatic heterocycles. The van der Waals surface area contributed by atoms with Crippen LogP contribution in [0.5, 0.6) is 11.5 Å². The predicted octanol–water partition coefficient (Wildman–Crippen LogP) is 2.36. The van der Waals surface area contributed by atoms with Crippen molar-refractivity contribution in [2.45, 2.75) is 6.92 Å². The highest BCUT2D eigenvalue weighted by Crippen LogP contribution is 2.31. The van der Waals surface area contributed by atoms with Crippen molar-refractivity contribution in [3.8, 4) is 11.5 Å². The van der Waals surface area contributed by atoms with Crippen LogP contribution in [0.25, 0.3) is 6.08 Å². The normalized spacial score (nSPS) is 17.1. The summed E-state index contributed by atoms with van der Waals surface area (Å²) in [7, 11) is 0. The van der Waals surface area contributed by atoms with Gasteiger partial charge in [0.1, 0.15) is 5.84 Å². The monoisotopic (exact) mass is 264 g/mol. The van der Waals surface area contributed by atoms with Crippen LogP contribution in [0, 0.1) is 0 Å². The molecule has 1 aromatic rings. The molecule has 0 saturated heterocycles. The third kappa shape index (κ3) is 2.65. The maximum Gasteiger partial charge on any atom is 0.311 e. The Labute approximate surface area is 108 Å². The van der Waals surface area contributed by atoms with Crippen molar-refractivity contribution < 1.29 is 14.6 Å². The van der Waals surface area contributed by atoms with E-state index in [2.05, 4.69) is 4.99 Å². The summed E-state index contributed by atoms with van der Waals surface area (Å²) < 4.78 is 5.28. The SMILES string of the molecule is CCOc1cc(C=C2SC(=O)N=C2N)ccc1O. The van der Waals surface area contributed by atoms with Crippen molar-refractivity contribution in [2.75, 3.05) is 6.61 Å². The van der Waals surface area contributed by atoms with E-state index >= 15 is 0 Å². The molecule has 0 atom stereocenters. The Morgan fingerprint density at radius 3 is 2.94 bits per heavy atom. The Balaban J connectivity index is 2.30. The summed E-state index contributed by atoms with van der Waals surface area (Å²) in [6.07, 6.45) is 1.73. The van der Waals surface area contributed by atoms with Gasteiger partial charge in [0.25, 0.3) is 0 Å². The summed E-state index contributed by atoms with van der Waals surface area (Å²) in [5.74, 6) is 0.698. The van der Waals surface area contributed by atoms with Crippen LogP contribution >= 0.6 is 11.8 Å². The molecule has 5 nitrogen and oxygen atoms in total. The summed E-state index contributed by atoms with van der Waals surface area (Å²) in [5, 5.41) is 9.25. The first-order chi connectivity index (χ1) is 8.60. The maximum absolute atomic E-state index is 11.1. The first-order valence-electron chi connectivity index (χ1n) is 5.34. The minimum atomic E-state index is -0.317.